The molecule has 7 atom stereocenters. The second-order valence-corrected chi connectivity index (χ2v) is 11.7. The first-order valence-electron chi connectivity index (χ1n) is 14.2. The third-order valence-electron chi connectivity index (χ3n) is 7.19. The molecule has 0 bridgehead atoms. The molecule has 44 heavy (non-hydrogen) atoms. The van der Waals surface area contributed by atoms with Gasteiger partial charge in [-0.3, -0.25) is 29.0 Å². The molecule has 4 heterocycles. The van der Waals surface area contributed by atoms with Gasteiger partial charge < -0.3 is 33.3 Å². The molecule has 1 aromatic carbocycles. The van der Waals surface area contributed by atoms with Crippen LogP contribution in [0.1, 0.15) is 44.8 Å². The average Bonchev–Trinajstić information content (AvgIpc) is 3.32. The van der Waals surface area contributed by atoms with Crippen LogP contribution in [0.2, 0.25) is 0 Å². The smallest absolute Gasteiger partial charge is 0.467 e. The van der Waals surface area contributed by atoms with E-state index in [4.69, 9.17) is 37.5 Å². The van der Waals surface area contributed by atoms with Gasteiger partial charge in [0.15, 0.2) is 25.6 Å². The van der Waals surface area contributed by atoms with E-state index in [0.717, 1.165) is 36.3 Å². The Balaban J connectivity index is 1.35. The van der Waals surface area contributed by atoms with Crippen LogP contribution in [-0.4, -0.2) is 76.9 Å². The van der Waals surface area contributed by atoms with Gasteiger partial charge in [-0.2, -0.15) is 0 Å². The molecule has 18 heteroatoms. The van der Waals surface area contributed by atoms with Crippen molar-refractivity contribution >= 4 is 13.5 Å². The number of phosphoric ester groups is 1. The summed E-state index contributed by atoms with van der Waals surface area (Å²) in [6.45, 7) is 0.0514. The highest BCUT2D eigenvalue weighted by atomic mass is 31.2. The molecule has 242 valence electrons. The van der Waals surface area contributed by atoms with Gasteiger partial charge >= 0.3 is 13.5 Å². The fraction of sp³-hybridized carbons (Fsp3) is 0.615. The van der Waals surface area contributed by atoms with Gasteiger partial charge in [0, 0.05) is 37.6 Å². The van der Waals surface area contributed by atoms with Crippen molar-refractivity contribution in [1.82, 2.24) is 9.55 Å². The number of hydrogen-bond acceptors (Lipinski definition) is 13. The number of benzene rings is 1. The minimum atomic E-state index is -4.89. The second kappa shape index (κ2) is 14.9. The van der Waals surface area contributed by atoms with Gasteiger partial charge in [0.2, 0.25) is 0 Å². The summed E-state index contributed by atoms with van der Waals surface area (Å²) < 4.78 is 59.8. The molecule has 3 aliphatic heterocycles. The first-order valence-corrected chi connectivity index (χ1v) is 15.7. The Morgan fingerprint density at radius 3 is 2.36 bits per heavy atom. The molecule has 3 unspecified atom stereocenters. The predicted molar refractivity (Wildman–Crippen MR) is 148 cm³/mol. The second-order valence-electron chi connectivity index (χ2n) is 10.3. The summed E-state index contributed by atoms with van der Waals surface area (Å²) in [5, 5.41) is 10.9. The zero-order chi connectivity index (χ0) is 31.1. The molecule has 0 aliphatic carbocycles. The summed E-state index contributed by atoms with van der Waals surface area (Å²) in [4.78, 5) is 47.7. The molecule has 3 fully saturated rings. The SMILES string of the molecule is O=c1ccn([C@@H]2O[C@H](COC3CCCCO3)[C@@H](OP(=O)(O)OCOc3ccc([N+](=O)[O-])cc3)[C@H]2OC2CCCCO2)c(=O)[nH]1. The summed E-state index contributed by atoms with van der Waals surface area (Å²) in [6.07, 6.45) is -0.251. The summed E-state index contributed by atoms with van der Waals surface area (Å²) in [5.41, 5.74) is -1.58. The lowest BCUT2D eigenvalue weighted by molar-refractivity contribution is -0.384. The molecule has 0 spiro atoms. The van der Waals surface area contributed by atoms with Crippen LogP contribution in [0.15, 0.2) is 46.1 Å². The standard InChI is InChI=1S/C26H34N3O14P/c30-20-11-12-28(26(31)27-20)25-24(42-22-6-2-4-14-37-22)23(19(41-25)15-38-21-5-1-3-13-36-21)43-44(34,35)40-16-39-18-9-7-17(8-10-18)29(32)33/h7-12,19,21-25H,1-6,13-16H2,(H,34,35)(H,27,30,31)/t19-,21?,22?,23-,24-,25-/m1/s1. The van der Waals surface area contributed by atoms with Crippen LogP contribution in [-0.2, 0) is 37.3 Å². The monoisotopic (exact) mass is 643 g/mol. The van der Waals surface area contributed by atoms with Crippen molar-refractivity contribution in [2.45, 2.75) is 75.6 Å². The van der Waals surface area contributed by atoms with Gasteiger partial charge in [-0.05, 0) is 50.7 Å². The Morgan fingerprint density at radius 2 is 1.73 bits per heavy atom. The number of hydrogen-bond donors (Lipinski definition) is 2. The Hall–Kier alpha value is -2.99. The number of H-pyrrole nitrogens is 1. The van der Waals surface area contributed by atoms with Crippen LogP contribution in [0.5, 0.6) is 5.75 Å². The van der Waals surface area contributed by atoms with Crippen molar-refractivity contribution in [3.8, 4) is 5.75 Å². The van der Waals surface area contributed by atoms with Crippen LogP contribution in [0.3, 0.4) is 0 Å². The molecule has 17 nitrogen and oxygen atoms in total. The van der Waals surface area contributed by atoms with E-state index in [2.05, 4.69) is 4.98 Å². The van der Waals surface area contributed by atoms with Gasteiger partial charge in [-0.15, -0.1) is 0 Å². The lowest BCUT2D eigenvalue weighted by Gasteiger charge is -2.31. The van der Waals surface area contributed by atoms with Crippen molar-refractivity contribution in [2.75, 3.05) is 26.6 Å². The molecule has 3 saturated heterocycles. The fourth-order valence-corrected chi connectivity index (χ4v) is 5.82. The van der Waals surface area contributed by atoms with Crippen molar-refractivity contribution in [3.63, 3.8) is 0 Å². The maximum absolute atomic E-state index is 13.2. The third-order valence-corrected chi connectivity index (χ3v) is 8.13. The lowest BCUT2D eigenvalue weighted by Crippen LogP contribution is -2.43. The first-order chi connectivity index (χ1) is 21.2. The van der Waals surface area contributed by atoms with Gasteiger partial charge in [-0.1, -0.05) is 0 Å². The molecule has 0 radical (unpaired) electrons. The van der Waals surface area contributed by atoms with Crippen molar-refractivity contribution in [3.05, 3.63) is 67.5 Å². The van der Waals surface area contributed by atoms with E-state index >= 15 is 0 Å². The quantitative estimate of drug-likeness (QED) is 0.139. The van der Waals surface area contributed by atoms with E-state index in [-0.39, 0.29) is 18.0 Å². The number of phosphoric acid groups is 1. The maximum atomic E-state index is 13.2. The fourth-order valence-electron chi connectivity index (χ4n) is 5.01. The van der Waals surface area contributed by atoms with E-state index in [9.17, 15) is 29.2 Å². The van der Waals surface area contributed by atoms with Gasteiger partial charge in [0.25, 0.3) is 11.2 Å². The summed E-state index contributed by atoms with van der Waals surface area (Å²) in [5.74, 6) is 0.145. The van der Waals surface area contributed by atoms with Crippen molar-refractivity contribution in [2.24, 2.45) is 0 Å². The Morgan fingerprint density at radius 1 is 1.02 bits per heavy atom. The highest BCUT2D eigenvalue weighted by Crippen LogP contribution is 2.49. The minimum absolute atomic E-state index is 0.145. The van der Waals surface area contributed by atoms with Crippen molar-refractivity contribution < 1.29 is 51.9 Å². The molecule has 0 amide bonds. The number of rotatable bonds is 13. The van der Waals surface area contributed by atoms with E-state index in [1.807, 2.05) is 0 Å². The molecular weight excluding hydrogens is 609 g/mol. The van der Waals surface area contributed by atoms with Crippen molar-refractivity contribution in [1.29, 1.82) is 0 Å². The number of nitrogens with zero attached hydrogens (tertiary/aromatic N) is 2. The number of ether oxygens (including phenoxy) is 6. The van der Waals surface area contributed by atoms with E-state index in [1.165, 1.54) is 30.5 Å². The van der Waals surface area contributed by atoms with Gasteiger partial charge in [0.05, 0.1) is 11.5 Å². The summed E-state index contributed by atoms with van der Waals surface area (Å²) in [6, 6.07) is 6.14. The zero-order valence-electron chi connectivity index (χ0n) is 23.6. The Kier molecular flexibility index (Phi) is 10.9. The summed E-state index contributed by atoms with van der Waals surface area (Å²) >= 11 is 0. The van der Waals surface area contributed by atoms with Crippen LogP contribution >= 0.6 is 7.82 Å². The van der Waals surface area contributed by atoms with Crippen LogP contribution < -0.4 is 16.0 Å². The Bertz CT molecular complexity index is 1410. The van der Waals surface area contributed by atoms with Gasteiger partial charge in [0.1, 0.15) is 24.1 Å². The minimum Gasteiger partial charge on any atom is -0.467 e. The first kappa shape index (κ1) is 32.4. The lowest BCUT2D eigenvalue weighted by atomic mass is 10.1. The van der Waals surface area contributed by atoms with Crippen LogP contribution in [0.25, 0.3) is 0 Å². The van der Waals surface area contributed by atoms with Crippen LogP contribution in [0.4, 0.5) is 5.69 Å². The molecule has 5 rings (SSSR count). The van der Waals surface area contributed by atoms with Crippen LogP contribution in [0, 0.1) is 10.1 Å². The highest BCUT2D eigenvalue weighted by Gasteiger charge is 2.52. The number of nitro benzene ring substituents is 1. The normalized spacial score (nSPS) is 28.8. The number of non-ortho nitro benzene ring substituents is 1. The molecular formula is C26H34N3O14P. The average molecular weight is 644 g/mol. The number of nitro groups is 1. The topological polar surface area (TPSA) is 209 Å². The van der Waals surface area contributed by atoms with Gasteiger partial charge in [-0.25, -0.2) is 13.9 Å². The third kappa shape index (κ3) is 8.59. The number of nitrogens with one attached hydrogen (secondary N) is 1. The zero-order valence-corrected chi connectivity index (χ0v) is 24.5. The maximum Gasteiger partial charge on any atom is 0.475 e. The van der Waals surface area contributed by atoms with E-state index in [1.54, 1.807) is 0 Å². The molecule has 2 aromatic rings. The largest absolute Gasteiger partial charge is 0.475 e. The molecule has 0 saturated carbocycles. The Labute approximate surface area is 250 Å². The molecule has 3 aliphatic rings. The molecule has 1 aromatic heterocycles. The summed E-state index contributed by atoms with van der Waals surface area (Å²) in [7, 11) is -4.89. The number of aromatic nitrogens is 2. The predicted octanol–water partition coefficient (Wildman–Crippen LogP) is 2.34. The van der Waals surface area contributed by atoms with E-state index in [0.29, 0.717) is 26.1 Å². The van der Waals surface area contributed by atoms with E-state index < -0.39 is 67.9 Å². The highest BCUT2D eigenvalue weighted by molar-refractivity contribution is 7.47. The number of aromatic amines is 1. The molecule has 2 N–H and O–H groups in total.